The van der Waals surface area contributed by atoms with Crippen LogP contribution in [0, 0.1) is 0 Å². The number of para-hydroxylation sites is 1. The molecule has 1 amide bonds. The molecule has 0 spiro atoms. The van der Waals surface area contributed by atoms with Gasteiger partial charge in [-0.15, -0.1) is 0 Å². The molecule has 1 atom stereocenters. The largest absolute Gasteiger partial charge is 0.493 e. The molecule has 0 unspecified atom stereocenters. The van der Waals surface area contributed by atoms with Crippen molar-refractivity contribution in [1.82, 2.24) is 0 Å². The molecule has 0 bridgehead atoms. The fourth-order valence-electron chi connectivity index (χ4n) is 3.91. The maximum Gasteiger partial charge on any atom is 0.305 e. The fourth-order valence-corrected chi connectivity index (χ4v) is 3.91. The number of ether oxygens (including phenoxy) is 3. The summed E-state index contributed by atoms with van der Waals surface area (Å²) in [5.74, 6) is 0.716. The van der Waals surface area contributed by atoms with Crippen LogP contribution in [0.3, 0.4) is 0 Å². The Morgan fingerprint density at radius 3 is 2.83 bits per heavy atom. The fraction of sp³-hybridized carbons (Fsp3) is 0.364. The van der Waals surface area contributed by atoms with E-state index in [2.05, 4.69) is 16.1 Å². The summed E-state index contributed by atoms with van der Waals surface area (Å²) in [5, 5.41) is 3.40. The van der Waals surface area contributed by atoms with Gasteiger partial charge in [0.2, 0.25) is 0 Å². The molecule has 152 valence electrons. The molecule has 0 radical (unpaired) electrons. The summed E-state index contributed by atoms with van der Waals surface area (Å²) in [6.07, 6.45) is 1.65. The number of amides is 1. The van der Waals surface area contributed by atoms with E-state index in [1.54, 1.807) is 19.2 Å². The Morgan fingerprint density at radius 1 is 1.21 bits per heavy atom. The van der Waals surface area contributed by atoms with Crippen LogP contribution in [0.25, 0.3) is 0 Å². The lowest BCUT2D eigenvalue weighted by Crippen LogP contribution is -2.39. The average Bonchev–Trinajstić information content (AvgIpc) is 3.06. The van der Waals surface area contributed by atoms with E-state index in [1.807, 2.05) is 23.1 Å². The van der Waals surface area contributed by atoms with Gasteiger partial charge in [-0.1, -0.05) is 18.2 Å². The topological polar surface area (TPSA) is 77.1 Å². The van der Waals surface area contributed by atoms with E-state index in [-0.39, 0.29) is 24.3 Å². The maximum absolute atomic E-state index is 13.4. The van der Waals surface area contributed by atoms with Crippen LogP contribution in [0.15, 0.2) is 36.4 Å². The number of methoxy groups -OCH3 is 2. The smallest absolute Gasteiger partial charge is 0.305 e. The number of carbonyl (C=O) groups excluding carboxylic acids is 2. The monoisotopic (exact) mass is 396 g/mol. The number of fused-ring (bicyclic) bond motifs is 4. The van der Waals surface area contributed by atoms with Gasteiger partial charge in [0.15, 0.2) is 11.5 Å². The molecule has 0 aliphatic carbocycles. The van der Waals surface area contributed by atoms with Crippen molar-refractivity contribution in [2.75, 3.05) is 37.6 Å². The van der Waals surface area contributed by atoms with E-state index in [1.165, 1.54) is 12.7 Å². The van der Waals surface area contributed by atoms with Gasteiger partial charge < -0.3 is 24.4 Å². The van der Waals surface area contributed by atoms with Crippen molar-refractivity contribution in [2.24, 2.45) is 0 Å². The van der Waals surface area contributed by atoms with E-state index in [0.29, 0.717) is 36.6 Å². The Morgan fingerprint density at radius 2 is 2.03 bits per heavy atom. The van der Waals surface area contributed by atoms with Gasteiger partial charge in [0.1, 0.15) is 0 Å². The van der Waals surface area contributed by atoms with Gasteiger partial charge in [-0.05, 0) is 30.5 Å². The van der Waals surface area contributed by atoms with Gasteiger partial charge in [-0.2, -0.15) is 0 Å². The first kappa shape index (κ1) is 19.1. The lowest BCUT2D eigenvalue weighted by atomic mass is 10.1. The van der Waals surface area contributed by atoms with E-state index in [4.69, 9.17) is 9.47 Å². The number of hydrogen-bond acceptors (Lipinski definition) is 6. The molecular formula is C22H24N2O5. The lowest BCUT2D eigenvalue weighted by Gasteiger charge is -2.22. The van der Waals surface area contributed by atoms with Crippen molar-refractivity contribution in [1.29, 1.82) is 0 Å². The zero-order chi connectivity index (χ0) is 20.4. The molecule has 2 heterocycles. The normalized spacial score (nSPS) is 16.8. The zero-order valence-corrected chi connectivity index (χ0v) is 16.6. The lowest BCUT2D eigenvalue weighted by molar-refractivity contribution is -0.140. The minimum absolute atomic E-state index is 0.0458. The van der Waals surface area contributed by atoms with Gasteiger partial charge in [-0.3, -0.25) is 9.59 Å². The quantitative estimate of drug-likeness (QED) is 0.597. The van der Waals surface area contributed by atoms with E-state index in [0.717, 1.165) is 17.8 Å². The summed E-state index contributed by atoms with van der Waals surface area (Å²) in [6.45, 7) is 1.00. The van der Waals surface area contributed by atoms with Crippen LogP contribution in [0.1, 0.15) is 28.8 Å². The molecule has 0 fully saturated rings. The SMILES string of the molecule is COC(=O)CCCOc1cc2c(cc1OC)C(=O)N1c3ccccc3C[C@H]1CN2. The van der Waals surface area contributed by atoms with Crippen molar-refractivity contribution in [3.8, 4) is 11.5 Å². The van der Waals surface area contributed by atoms with E-state index in [9.17, 15) is 9.59 Å². The van der Waals surface area contributed by atoms with Crippen LogP contribution in [0.5, 0.6) is 11.5 Å². The molecule has 7 nitrogen and oxygen atoms in total. The number of benzene rings is 2. The predicted molar refractivity (Wildman–Crippen MR) is 109 cm³/mol. The Bertz CT molecular complexity index is 943. The van der Waals surface area contributed by atoms with Crippen molar-refractivity contribution in [3.63, 3.8) is 0 Å². The molecule has 1 N–H and O–H groups in total. The molecule has 0 saturated heterocycles. The van der Waals surface area contributed by atoms with Crippen LogP contribution in [-0.4, -0.2) is 45.3 Å². The van der Waals surface area contributed by atoms with Crippen LogP contribution < -0.4 is 19.7 Å². The Hall–Kier alpha value is -3.22. The number of carbonyl (C=O) groups is 2. The third-order valence-electron chi connectivity index (χ3n) is 5.36. The second-order valence-electron chi connectivity index (χ2n) is 7.12. The predicted octanol–water partition coefficient (Wildman–Crippen LogP) is 3.02. The Labute approximate surface area is 169 Å². The summed E-state index contributed by atoms with van der Waals surface area (Å²) in [6, 6.07) is 11.6. The summed E-state index contributed by atoms with van der Waals surface area (Å²) in [5.41, 5.74) is 3.45. The van der Waals surface area contributed by atoms with Crippen LogP contribution in [0.4, 0.5) is 11.4 Å². The summed E-state index contributed by atoms with van der Waals surface area (Å²) in [4.78, 5) is 26.5. The minimum Gasteiger partial charge on any atom is -0.493 e. The first-order chi connectivity index (χ1) is 14.1. The van der Waals surface area contributed by atoms with Crippen LogP contribution in [0.2, 0.25) is 0 Å². The molecule has 2 aliphatic heterocycles. The number of anilines is 2. The highest BCUT2D eigenvalue weighted by atomic mass is 16.5. The highest BCUT2D eigenvalue weighted by Gasteiger charge is 2.37. The van der Waals surface area contributed by atoms with Gasteiger partial charge in [-0.25, -0.2) is 0 Å². The molecule has 29 heavy (non-hydrogen) atoms. The van der Waals surface area contributed by atoms with E-state index < -0.39 is 0 Å². The molecule has 0 saturated carbocycles. The first-order valence-electron chi connectivity index (χ1n) is 9.69. The minimum atomic E-state index is -0.268. The van der Waals surface area contributed by atoms with Gasteiger partial charge in [0, 0.05) is 24.7 Å². The number of esters is 1. The van der Waals surface area contributed by atoms with Crippen molar-refractivity contribution in [3.05, 3.63) is 47.5 Å². The maximum atomic E-state index is 13.4. The molecule has 4 rings (SSSR count). The standard InChI is InChI=1S/C22H24N2O5/c1-27-19-11-16-17(12-20(19)29-9-5-8-21(25)28-2)23-13-15-10-14-6-3-4-7-18(14)24(15)22(16)26/h3-4,6-7,11-12,15,23H,5,8-10,13H2,1-2H3/t15-/m0/s1. The molecule has 2 aromatic carbocycles. The molecule has 2 aliphatic rings. The molecular weight excluding hydrogens is 372 g/mol. The third kappa shape index (κ3) is 3.60. The van der Waals surface area contributed by atoms with Crippen molar-refractivity contribution in [2.45, 2.75) is 25.3 Å². The second kappa shape index (κ2) is 8.03. The second-order valence-corrected chi connectivity index (χ2v) is 7.12. The van der Waals surface area contributed by atoms with Crippen LogP contribution in [-0.2, 0) is 16.0 Å². The summed E-state index contributed by atoms with van der Waals surface area (Å²) >= 11 is 0. The van der Waals surface area contributed by atoms with Crippen LogP contribution >= 0.6 is 0 Å². The van der Waals surface area contributed by atoms with Crippen molar-refractivity contribution >= 4 is 23.3 Å². The third-order valence-corrected chi connectivity index (χ3v) is 5.36. The molecule has 7 heteroatoms. The zero-order valence-electron chi connectivity index (χ0n) is 16.6. The van der Waals surface area contributed by atoms with Crippen molar-refractivity contribution < 1.29 is 23.8 Å². The summed E-state index contributed by atoms with van der Waals surface area (Å²) in [7, 11) is 2.91. The average molecular weight is 396 g/mol. The Balaban J connectivity index is 1.58. The van der Waals surface area contributed by atoms with E-state index >= 15 is 0 Å². The highest BCUT2D eigenvalue weighted by molar-refractivity contribution is 6.12. The number of rotatable bonds is 6. The molecule has 2 aromatic rings. The Kier molecular flexibility index (Phi) is 5.29. The van der Waals surface area contributed by atoms with Gasteiger partial charge in [0.05, 0.1) is 38.1 Å². The first-order valence-corrected chi connectivity index (χ1v) is 9.69. The highest BCUT2D eigenvalue weighted by Crippen LogP contribution is 2.40. The summed E-state index contributed by atoms with van der Waals surface area (Å²) < 4.78 is 15.9. The molecule has 0 aromatic heterocycles. The van der Waals surface area contributed by atoms with Gasteiger partial charge >= 0.3 is 5.97 Å². The van der Waals surface area contributed by atoms with Gasteiger partial charge in [0.25, 0.3) is 5.91 Å². The number of hydrogen-bond donors (Lipinski definition) is 1. The number of nitrogens with zero attached hydrogens (tertiary/aromatic N) is 1. The number of nitrogens with one attached hydrogen (secondary N) is 1.